The fourth-order valence-electron chi connectivity index (χ4n) is 7.09. The fraction of sp³-hybridized carbons (Fsp3) is 0.681. The summed E-state index contributed by atoms with van der Waals surface area (Å²) in [6.45, 7) is 12.6. The molecule has 1 unspecified atom stereocenters. The maximum atomic E-state index is 14.2. The maximum absolute atomic E-state index is 14.2. The molecule has 390 valence electrons. The number of amides is 8. The number of hydrogen-bond donors (Lipinski definition) is 13. The van der Waals surface area contributed by atoms with Crippen molar-refractivity contribution in [3.8, 4) is 0 Å². The molecule has 22 heteroatoms. The Kier molecular flexibility index (Phi) is 29.3. The molecule has 0 bridgehead atoms. The summed E-state index contributed by atoms with van der Waals surface area (Å²) in [7, 11) is 0. The molecule has 1 aromatic rings. The third-order valence-electron chi connectivity index (χ3n) is 11.3. The molecule has 0 fully saturated rings. The van der Waals surface area contributed by atoms with Crippen molar-refractivity contribution in [2.45, 2.75) is 161 Å². The average Bonchev–Trinajstić information content (AvgIpc) is 3.29. The maximum Gasteiger partial charge on any atom is 0.326 e. The van der Waals surface area contributed by atoms with E-state index in [-0.39, 0.29) is 95.3 Å². The predicted octanol–water partition coefficient (Wildman–Crippen LogP) is -1.47. The van der Waals surface area contributed by atoms with Gasteiger partial charge in [0.2, 0.25) is 47.3 Å². The van der Waals surface area contributed by atoms with Crippen LogP contribution in [-0.2, 0) is 49.6 Å². The van der Waals surface area contributed by atoms with Crippen LogP contribution in [0.4, 0.5) is 0 Å². The van der Waals surface area contributed by atoms with E-state index in [0.29, 0.717) is 17.9 Å². The molecule has 0 aromatic heterocycles. The van der Waals surface area contributed by atoms with Gasteiger partial charge in [-0.25, -0.2) is 4.79 Å². The number of nitrogens with one attached hydrogen (secondary N) is 8. The highest BCUT2D eigenvalue weighted by Crippen LogP contribution is 2.12. The van der Waals surface area contributed by atoms with Crippen LogP contribution in [0, 0.1) is 17.8 Å². The highest BCUT2D eigenvalue weighted by Gasteiger charge is 2.34. The zero-order chi connectivity index (χ0) is 52.2. The van der Waals surface area contributed by atoms with E-state index in [1.807, 2.05) is 27.7 Å². The van der Waals surface area contributed by atoms with Crippen molar-refractivity contribution in [1.29, 1.82) is 0 Å². The van der Waals surface area contributed by atoms with Gasteiger partial charge in [0.05, 0.1) is 0 Å². The molecule has 1 aromatic carbocycles. The van der Waals surface area contributed by atoms with E-state index in [4.69, 9.17) is 22.9 Å². The van der Waals surface area contributed by atoms with Crippen LogP contribution in [0.1, 0.15) is 112 Å². The molecule has 1 rings (SSSR count). The molecular formula is C47H82N12O10. The standard InChI is InChI=1S/C47H82N12O10/c1-8-29(6)14-15-39(60)52-30(7)40(61)53-32(16-20-48)41(62)54-34(18-22-50)43(64)57-36(24-27(2)3)45(66)58-37(26-31-12-10-9-11-13-31)46(67)56-33(17-21-49)42(63)55-35(19-23-51)44(65)59-38(47(68)69)25-28(4)5/h9-13,27-30,32-38H,8,14-26,48-51H2,1-7H3,(H,52,60)(H,53,61)(H,54,62)(H,55,63)(H,56,67)(H,57,64)(H,58,66)(H,59,65)(H,68,69)/t29?,30-,32-,33-,34-,35-,36-,37+,38-/m0/s1. The lowest BCUT2D eigenvalue weighted by atomic mass is 10.00. The van der Waals surface area contributed by atoms with Crippen molar-refractivity contribution in [1.82, 2.24) is 42.5 Å². The van der Waals surface area contributed by atoms with Gasteiger partial charge in [0.15, 0.2) is 0 Å². The molecule has 0 spiro atoms. The lowest BCUT2D eigenvalue weighted by Gasteiger charge is -2.28. The third-order valence-corrected chi connectivity index (χ3v) is 11.3. The van der Waals surface area contributed by atoms with Crippen molar-refractivity contribution in [3.05, 3.63) is 35.9 Å². The van der Waals surface area contributed by atoms with Gasteiger partial charge in [-0.1, -0.05) is 78.3 Å². The Morgan fingerprint density at radius 1 is 0.464 bits per heavy atom. The molecule has 0 saturated heterocycles. The zero-order valence-electron chi connectivity index (χ0n) is 41.6. The summed E-state index contributed by atoms with van der Waals surface area (Å²) in [5, 5.41) is 30.6. The van der Waals surface area contributed by atoms with Gasteiger partial charge >= 0.3 is 5.97 Å². The number of aliphatic carboxylic acids is 1. The second-order valence-corrected chi connectivity index (χ2v) is 18.4. The third kappa shape index (κ3) is 23.9. The van der Waals surface area contributed by atoms with Crippen LogP contribution in [0.15, 0.2) is 30.3 Å². The van der Waals surface area contributed by atoms with Gasteiger partial charge < -0.3 is 70.6 Å². The van der Waals surface area contributed by atoms with E-state index in [1.54, 1.807) is 44.2 Å². The minimum Gasteiger partial charge on any atom is -0.480 e. The first kappa shape index (κ1) is 61.3. The Morgan fingerprint density at radius 2 is 0.812 bits per heavy atom. The molecule has 0 saturated carbocycles. The Morgan fingerprint density at radius 3 is 1.20 bits per heavy atom. The van der Waals surface area contributed by atoms with Gasteiger partial charge in [0, 0.05) is 12.8 Å². The molecule has 9 atom stereocenters. The number of hydrogen-bond acceptors (Lipinski definition) is 13. The van der Waals surface area contributed by atoms with Gasteiger partial charge in [-0.05, 0) is 101 Å². The van der Waals surface area contributed by atoms with Crippen molar-refractivity contribution in [2.24, 2.45) is 40.7 Å². The van der Waals surface area contributed by atoms with E-state index < -0.39 is 95.7 Å². The molecular weight excluding hydrogens is 893 g/mol. The molecule has 69 heavy (non-hydrogen) atoms. The van der Waals surface area contributed by atoms with E-state index in [0.717, 1.165) is 6.42 Å². The lowest BCUT2D eigenvalue weighted by Crippen LogP contribution is -2.61. The Labute approximate surface area is 406 Å². The number of benzene rings is 1. The number of rotatable bonds is 34. The summed E-state index contributed by atoms with van der Waals surface area (Å²) in [6.07, 6.45) is 1.76. The van der Waals surface area contributed by atoms with E-state index in [2.05, 4.69) is 42.5 Å². The summed E-state index contributed by atoms with van der Waals surface area (Å²) < 4.78 is 0. The van der Waals surface area contributed by atoms with Crippen LogP contribution in [0.2, 0.25) is 0 Å². The zero-order valence-corrected chi connectivity index (χ0v) is 41.6. The second-order valence-electron chi connectivity index (χ2n) is 18.4. The normalized spacial score (nSPS) is 15.1. The lowest BCUT2D eigenvalue weighted by molar-refractivity contribution is -0.143. The van der Waals surface area contributed by atoms with Crippen LogP contribution in [0.5, 0.6) is 0 Å². The average molecular weight is 975 g/mol. The molecule has 0 aliphatic heterocycles. The number of carbonyl (C=O) groups excluding carboxylic acids is 8. The largest absolute Gasteiger partial charge is 0.480 e. The van der Waals surface area contributed by atoms with E-state index >= 15 is 0 Å². The Balaban J connectivity index is 3.35. The van der Waals surface area contributed by atoms with Crippen LogP contribution in [0.25, 0.3) is 0 Å². The molecule has 0 aliphatic carbocycles. The quantitative estimate of drug-likeness (QED) is 0.0375. The van der Waals surface area contributed by atoms with Crippen molar-refractivity contribution < 1.29 is 48.3 Å². The van der Waals surface area contributed by atoms with E-state index in [1.165, 1.54) is 6.92 Å². The highest BCUT2D eigenvalue weighted by molar-refractivity contribution is 5.98. The van der Waals surface area contributed by atoms with Gasteiger partial charge in [-0.15, -0.1) is 0 Å². The van der Waals surface area contributed by atoms with Crippen LogP contribution >= 0.6 is 0 Å². The molecule has 17 N–H and O–H groups in total. The molecule has 0 radical (unpaired) electrons. The highest BCUT2D eigenvalue weighted by atomic mass is 16.4. The minimum atomic E-state index is -1.32. The summed E-state index contributed by atoms with van der Waals surface area (Å²) in [5.74, 6) is -6.74. The number of carboxylic acid groups (broad SMARTS) is 1. The van der Waals surface area contributed by atoms with Crippen molar-refractivity contribution in [3.63, 3.8) is 0 Å². The summed E-state index contributed by atoms with van der Waals surface area (Å²) >= 11 is 0. The second kappa shape index (κ2) is 32.9. The predicted molar refractivity (Wildman–Crippen MR) is 261 cm³/mol. The first-order valence-electron chi connectivity index (χ1n) is 24.1. The first-order valence-corrected chi connectivity index (χ1v) is 24.1. The fourth-order valence-corrected chi connectivity index (χ4v) is 7.09. The number of carbonyl (C=O) groups is 9. The minimum absolute atomic E-state index is 0.00443. The summed E-state index contributed by atoms with van der Waals surface area (Å²) in [6, 6.07) is -1.06. The first-order chi connectivity index (χ1) is 32.6. The van der Waals surface area contributed by atoms with Crippen LogP contribution < -0.4 is 65.5 Å². The van der Waals surface area contributed by atoms with Gasteiger partial charge in [0.25, 0.3) is 0 Å². The molecule has 8 amide bonds. The Hall–Kier alpha value is -5.71. The summed E-state index contributed by atoms with van der Waals surface area (Å²) in [4.78, 5) is 120. The van der Waals surface area contributed by atoms with Gasteiger partial charge in [-0.2, -0.15) is 0 Å². The SMILES string of the molecule is CCC(C)CCC(=O)N[C@@H](C)C(=O)N[C@@H](CCN)C(=O)N[C@@H](CCN)C(=O)N[C@@H](CC(C)C)C(=O)N[C@H](Cc1ccccc1)C(=O)N[C@@H](CCN)C(=O)N[C@@H](CCN)C(=O)N[C@@H](CC(C)C)C(=O)O. The summed E-state index contributed by atoms with van der Waals surface area (Å²) in [5.41, 5.74) is 23.9. The molecule has 22 nitrogen and oxygen atoms in total. The van der Waals surface area contributed by atoms with Gasteiger partial charge in [0.1, 0.15) is 48.3 Å². The monoisotopic (exact) mass is 975 g/mol. The van der Waals surface area contributed by atoms with Gasteiger partial charge in [-0.3, -0.25) is 38.4 Å². The topological polar surface area (TPSA) is 374 Å². The molecule has 0 aliphatic rings. The van der Waals surface area contributed by atoms with Crippen molar-refractivity contribution in [2.75, 3.05) is 26.2 Å². The number of carboxylic acids is 1. The smallest absolute Gasteiger partial charge is 0.326 e. The Bertz CT molecular complexity index is 1800. The van der Waals surface area contributed by atoms with Crippen LogP contribution in [-0.4, -0.2) is 133 Å². The number of nitrogens with two attached hydrogens (primary N) is 4. The molecule has 0 heterocycles. The van der Waals surface area contributed by atoms with E-state index in [9.17, 15) is 48.3 Å². The van der Waals surface area contributed by atoms with Crippen LogP contribution in [0.3, 0.4) is 0 Å². The van der Waals surface area contributed by atoms with Crippen molar-refractivity contribution >= 4 is 53.2 Å².